The summed E-state index contributed by atoms with van der Waals surface area (Å²) in [6.45, 7) is 2.24. The van der Waals surface area contributed by atoms with E-state index in [1.807, 2.05) is 19.1 Å². The Labute approximate surface area is 122 Å². The van der Waals surface area contributed by atoms with Crippen molar-refractivity contribution in [1.29, 1.82) is 0 Å². The summed E-state index contributed by atoms with van der Waals surface area (Å²) < 4.78 is 15.3. The van der Waals surface area contributed by atoms with Crippen molar-refractivity contribution in [3.8, 4) is 5.75 Å². The van der Waals surface area contributed by atoms with Gasteiger partial charge in [0.1, 0.15) is 11.3 Å². The minimum atomic E-state index is -0.450. The normalized spacial score (nSPS) is 22.3. The van der Waals surface area contributed by atoms with Gasteiger partial charge in [-0.15, -0.1) is 0 Å². The highest BCUT2D eigenvalue weighted by molar-refractivity contribution is 5.95. The lowest BCUT2D eigenvalue weighted by atomic mass is 9.78. The SMILES string of the molecule is COC(=O)c1cc2c(c(C)c1OC)C=C[C@@H]1C(=O)OC[C@H]21. The van der Waals surface area contributed by atoms with Crippen LogP contribution in [0, 0.1) is 12.8 Å². The maximum absolute atomic E-state index is 12.0. The first-order valence-corrected chi connectivity index (χ1v) is 6.73. The second-order valence-electron chi connectivity index (χ2n) is 5.20. The van der Waals surface area contributed by atoms with E-state index in [1.165, 1.54) is 14.2 Å². The van der Waals surface area contributed by atoms with Gasteiger partial charge >= 0.3 is 11.9 Å². The smallest absolute Gasteiger partial charge is 0.341 e. The monoisotopic (exact) mass is 288 g/mol. The molecular weight excluding hydrogens is 272 g/mol. The highest BCUT2D eigenvalue weighted by Gasteiger charge is 2.40. The van der Waals surface area contributed by atoms with Gasteiger partial charge in [0.2, 0.25) is 0 Å². The van der Waals surface area contributed by atoms with Crippen molar-refractivity contribution in [2.75, 3.05) is 20.8 Å². The number of hydrogen-bond acceptors (Lipinski definition) is 5. The molecule has 21 heavy (non-hydrogen) atoms. The standard InChI is InChI=1S/C16H16O5/c1-8-9-4-5-10-13(7-21-16(10)18)11(9)6-12(14(8)19-2)15(17)20-3/h4-6,10,13H,7H2,1-3H3/t10-,13-/m0/s1. The second-order valence-corrected chi connectivity index (χ2v) is 5.20. The minimum Gasteiger partial charge on any atom is -0.496 e. The molecule has 1 saturated heterocycles. The predicted molar refractivity (Wildman–Crippen MR) is 75.3 cm³/mol. The Balaban J connectivity index is 2.21. The average Bonchev–Trinajstić information content (AvgIpc) is 2.88. The molecule has 5 heteroatoms. The first-order chi connectivity index (χ1) is 10.1. The van der Waals surface area contributed by atoms with E-state index in [2.05, 4.69) is 0 Å². The molecule has 0 bridgehead atoms. The summed E-state index contributed by atoms with van der Waals surface area (Å²) in [5.41, 5.74) is 3.17. The molecule has 2 atom stereocenters. The van der Waals surface area contributed by atoms with E-state index in [-0.39, 0.29) is 17.8 Å². The number of fused-ring (bicyclic) bond motifs is 3. The molecule has 3 rings (SSSR count). The van der Waals surface area contributed by atoms with E-state index < -0.39 is 5.97 Å². The summed E-state index contributed by atoms with van der Waals surface area (Å²) in [5.74, 6) is -0.473. The third kappa shape index (κ3) is 1.92. The Morgan fingerprint density at radius 1 is 1.38 bits per heavy atom. The molecule has 1 aliphatic carbocycles. The molecule has 110 valence electrons. The largest absolute Gasteiger partial charge is 0.496 e. The molecule has 0 radical (unpaired) electrons. The van der Waals surface area contributed by atoms with Crippen molar-refractivity contribution in [3.63, 3.8) is 0 Å². The Hall–Kier alpha value is -2.30. The van der Waals surface area contributed by atoms with Crippen LogP contribution in [0.2, 0.25) is 0 Å². The molecule has 0 unspecified atom stereocenters. The zero-order valence-corrected chi connectivity index (χ0v) is 12.1. The fraction of sp³-hybridized carbons (Fsp3) is 0.375. The molecule has 2 aliphatic rings. The van der Waals surface area contributed by atoms with Crippen LogP contribution in [0.25, 0.3) is 6.08 Å². The van der Waals surface area contributed by atoms with Gasteiger partial charge in [0.25, 0.3) is 0 Å². The number of methoxy groups -OCH3 is 2. The Morgan fingerprint density at radius 3 is 2.81 bits per heavy atom. The van der Waals surface area contributed by atoms with Crippen molar-refractivity contribution in [2.45, 2.75) is 12.8 Å². The van der Waals surface area contributed by atoms with Crippen molar-refractivity contribution >= 4 is 18.0 Å². The topological polar surface area (TPSA) is 61.8 Å². The molecule has 1 aromatic carbocycles. The van der Waals surface area contributed by atoms with Gasteiger partial charge in [-0.25, -0.2) is 4.79 Å². The maximum atomic E-state index is 12.0. The average molecular weight is 288 g/mol. The maximum Gasteiger partial charge on any atom is 0.341 e. The predicted octanol–water partition coefficient (Wildman–Crippen LogP) is 2.07. The van der Waals surface area contributed by atoms with Crippen LogP contribution in [0.5, 0.6) is 5.75 Å². The molecule has 5 nitrogen and oxygen atoms in total. The third-order valence-corrected chi connectivity index (χ3v) is 4.19. The fourth-order valence-corrected chi connectivity index (χ4v) is 3.12. The van der Waals surface area contributed by atoms with Gasteiger partial charge in [0, 0.05) is 5.92 Å². The zero-order chi connectivity index (χ0) is 15.1. The molecule has 1 aliphatic heterocycles. The first kappa shape index (κ1) is 13.7. The summed E-state index contributed by atoms with van der Waals surface area (Å²) in [5, 5.41) is 0. The number of esters is 2. The van der Waals surface area contributed by atoms with Gasteiger partial charge in [-0.05, 0) is 29.7 Å². The van der Waals surface area contributed by atoms with E-state index in [1.54, 1.807) is 6.07 Å². The summed E-state index contributed by atoms with van der Waals surface area (Å²) in [6.07, 6.45) is 3.77. The Bertz CT molecular complexity index is 659. The lowest BCUT2D eigenvalue weighted by Crippen LogP contribution is -2.18. The number of carbonyl (C=O) groups is 2. The van der Waals surface area contributed by atoms with E-state index >= 15 is 0 Å². The third-order valence-electron chi connectivity index (χ3n) is 4.19. The van der Waals surface area contributed by atoms with Crippen LogP contribution in [-0.4, -0.2) is 32.8 Å². The van der Waals surface area contributed by atoms with Gasteiger partial charge in [0.05, 0.1) is 26.7 Å². The molecule has 0 spiro atoms. The molecule has 1 heterocycles. The van der Waals surface area contributed by atoms with Crippen molar-refractivity contribution in [1.82, 2.24) is 0 Å². The van der Waals surface area contributed by atoms with Gasteiger partial charge in [0.15, 0.2) is 0 Å². The zero-order valence-electron chi connectivity index (χ0n) is 12.1. The van der Waals surface area contributed by atoms with E-state index in [0.717, 1.165) is 16.7 Å². The molecule has 1 aromatic rings. The minimum absolute atomic E-state index is 0.0505. The van der Waals surface area contributed by atoms with E-state index in [0.29, 0.717) is 17.9 Å². The van der Waals surface area contributed by atoms with Crippen molar-refractivity contribution in [3.05, 3.63) is 34.4 Å². The number of ether oxygens (including phenoxy) is 3. The van der Waals surface area contributed by atoms with Gasteiger partial charge in [-0.3, -0.25) is 4.79 Å². The molecule has 0 aromatic heterocycles. The Morgan fingerprint density at radius 2 is 2.14 bits per heavy atom. The van der Waals surface area contributed by atoms with Crippen LogP contribution in [0.4, 0.5) is 0 Å². The summed E-state index contributed by atoms with van der Waals surface area (Å²) in [6, 6.07) is 1.76. The summed E-state index contributed by atoms with van der Waals surface area (Å²) in [7, 11) is 2.86. The number of carbonyl (C=O) groups excluding carboxylic acids is 2. The summed E-state index contributed by atoms with van der Waals surface area (Å²) in [4.78, 5) is 23.7. The van der Waals surface area contributed by atoms with Crippen molar-refractivity contribution < 1.29 is 23.8 Å². The van der Waals surface area contributed by atoms with E-state index in [4.69, 9.17) is 14.2 Å². The van der Waals surface area contributed by atoms with Gasteiger partial charge < -0.3 is 14.2 Å². The van der Waals surface area contributed by atoms with Gasteiger partial charge in [-0.1, -0.05) is 12.2 Å². The number of rotatable bonds is 2. The number of hydrogen-bond donors (Lipinski definition) is 0. The lowest BCUT2D eigenvalue weighted by molar-refractivity contribution is -0.140. The second kappa shape index (κ2) is 4.91. The lowest BCUT2D eigenvalue weighted by Gasteiger charge is -2.24. The Kier molecular flexibility index (Phi) is 3.20. The first-order valence-electron chi connectivity index (χ1n) is 6.73. The fourth-order valence-electron chi connectivity index (χ4n) is 3.12. The summed E-state index contributed by atoms with van der Waals surface area (Å²) >= 11 is 0. The van der Waals surface area contributed by atoms with Crippen LogP contribution in [-0.2, 0) is 14.3 Å². The van der Waals surface area contributed by atoms with Crippen LogP contribution in [0.1, 0.15) is 33.0 Å². The number of cyclic esters (lactones) is 1. The van der Waals surface area contributed by atoms with Crippen LogP contribution < -0.4 is 4.74 Å². The highest BCUT2D eigenvalue weighted by atomic mass is 16.5. The van der Waals surface area contributed by atoms with E-state index in [9.17, 15) is 9.59 Å². The number of benzene rings is 1. The van der Waals surface area contributed by atoms with Crippen LogP contribution >= 0.6 is 0 Å². The molecule has 0 N–H and O–H groups in total. The van der Waals surface area contributed by atoms with Gasteiger partial charge in [-0.2, -0.15) is 0 Å². The highest BCUT2D eigenvalue weighted by Crippen LogP contribution is 2.43. The molecule has 0 saturated carbocycles. The van der Waals surface area contributed by atoms with Crippen molar-refractivity contribution in [2.24, 2.45) is 5.92 Å². The molecule has 1 fully saturated rings. The van der Waals surface area contributed by atoms with Crippen LogP contribution in [0.3, 0.4) is 0 Å². The molecule has 0 amide bonds. The quantitative estimate of drug-likeness (QED) is 0.780. The van der Waals surface area contributed by atoms with Crippen LogP contribution in [0.15, 0.2) is 12.1 Å². The molecular formula is C16H16O5.